The van der Waals surface area contributed by atoms with Gasteiger partial charge in [0.2, 0.25) is 5.88 Å². The van der Waals surface area contributed by atoms with Crippen LogP contribution in [0.15, 0.2) is 60.7 Å². The molecule has 8 nitrogen and oxygen atoms in total. The van der Waals surface area contributed by atoms with Crippen molar-refractivity contribution in [2.24, 2.45) is 5.73 Å². The van der Waals surface area contributed by atoms with E-state index in [0.717, 1.165) is 16.9 Å². The van der Waals surface area contributed by atoms with Gasteiger partial charge in [-0.25, -0.2) is 4.79 Å². The highest BCUT2D eigenvalue weighted by Crippen LogP contribution is 2.35. The molecule has 1 heterocycles. The van der Waals surface area contributed by atoms with E-state index in [-0.39, 0.29) is 23.4 Å². The van der Waals surface area contributed by atoms with Crippen LogP contribution in [0.5, 0.6) is 17.4 Å². The molecule has 0 spiro atoms. The number of rotatable bonds is 8. The van der Waals surface area contributed by atoms with Crippen LogP contribution in [0, 0.1) is 0 Å². The number of ketones is 1. The predicted molar refractivity (Wildman–Crippen MR) is 125 cm³/mol. The molecule has 176 valence electrons. The molecule has 1 amide bonds. The summed E-state index contributed by atoms with van der Waals surface area (Å²) < 4.78 is 16.7. The lowest BCUT2D eigenvalue weighted by Gasteiger charge is -2.34. The van der Waals surface area contributed by atoms with Crippen LogP contribution in [0.3, 0.4) is 0 Å². The average molecular weight is 462 g/mol. The first-order valence-electron chi connectivity index (χ1n) is 11.1. The molecule has 4 rings (SSSR count). The fraction of sp³-hybridized carbons (Fsp3) is 0.308. The molecule has 0 saturated heterocycles. The Morgan fingerprint density at radius 1 is 0.853 bits per heavy atom. The highest BCUT2D eigenvalue weighted by atomic mass is 16.6. The number of carbonyl (C=O) groups is 2. The van der Waals surface area contributed by atoms with Gasteiger partial charge < -0.3 is 19.9 Å². The van der Waals surface area contributed by atoms with Crippen LogP contribution in [0.25, 0.3) is 0 Å². The molecule has 1 aliphatic rings. The molecule has 0 atom stereocenters. The fourth-order valence-corrected chi connectivity index (χ4v) is 3.81. The number of Topliss-reactive ketones (excluding diaryl/α,β-unsaturated/α-hetero) is 1. The van der Waals surface area contributed by atoms with Crippen molar-refractivity contribution in [3.05, 3.63) is 77.5 Å². The number of hydrogen-bond donors (Lipinski definition) is 1. The first-order valence-corrected chi connectivity index (χ1v) is 11.1. The molecule has 34 heavy (non-hydrogen) atoms. The van der Waals surface area contributed by atoms with E-state index in [9.17, 15) is 9.59 Å². The molecule has 3 aromatic rings. The van der Waals surface area contributed by atoms with Crippen LogP contribution in [-0.4, -0.2) is 34.3 Å². The molecule has 0 bridgehead atoms. The Morgan fingerprint density at radius 3 is 1.94 bits per heavy atom. The summed E-state index contributed by atoms with van der Waals surface area (Å²) in [6.45, 7) is 5.75. The van der Waals surface area contributed by atoms with Gasteiger partial charge >= 0.3 is 6.09 Å². The van der Waals surface area contributed by atoms with E-state index in [1.807, 2.05) is 36.4 Å². The van der Waals surface area contributed by atoms with Gasteiger partial charge in [0.25, 0.3) is 0 Å². The highest BCUT2D eigenvalue weighted by molar-refractivity contribution is 5.91. The number of primary amides is 1. The summed E-state index contributed by atoms with van der Waals surface area (Å²) in [6.07, 6.45) is 0.430. The summed E-state index contributed by atoms with van der Waals surface area (Å²) in [7, 11) is 0. The topological polar surface area (TPSA) is 114 Å². The van der Waals surface area contributed by atoms with Crippen molar-refractivity contribution in [1.29, 1.82) is 0 Å². The summed E-state index contributed by atoms with van der Waals surface area (Å²) in [5.74, 6) is 1.60. The Morgan fingerprint density at radius 2 is 1.44 bits per heavy atom. The molecule has 0 aliphatic heterocycles. The maximum absolute atomic E-state index is 11.3. The van der Waals surface area contributed by atoms with Crippen molar-refractivity contribution in [3.63, 3.8) is 0 Å². The van der Waals surface area contributed by atoms with Gasteiger partial charge in [0.1, 0.15) is 29.4 Å². The van der Waals surface area contributed by atoms with Gasteiger partial charge in [0.05, 0.1) is 0 Å². The summed E-state index contributed by atoms with van der Waals surface area (Å²) in [4.78, 5) is 22.1. The minimum atomic E-state index is -0.744. The van der Waals surface area contributed by atoms with Crippen LogP contribution < -0.4 is 15.2 Å². The number of hydrogen-bond acceptors (Lipinski definition) is 7. The van der Waals surface area contributed by atoms with Crippen LogP contribution in [-0.2, 0) is 10.2 Å². The minimum absolute atomic E-state index is 0.0270. The van der Waals surface area contributed by atoms with E-state index in [1.165, 1.54) is 6.92 Å². The number of nitrogens with two attached hydrogens (primary N) is 1. The van der Waals surface area contributed by atoms with Crippen LogP contribution in [0.4, 0.5) is 4.79 Å². The van der Waals surface area contributed by atoms with Gasteiger partial charge in [0.15, 0.2) is 5.78 Å². The number of carbonyl (C=O) groups excluding carboxylic acids is 2. The zero-order valence-electron chi connectivity index (χ0n) is 19.4. The van der Waals surface area contributed by atoms with Crippen LogP contribution >= 0.6 is 0 Å². The molecule has 1 saturated carbocycles. The van der Waals surface area contributed by atoms with E-state index < -0.39 is 6.09 Å². The van der Waals surface area contributed by atoms with Crippen molar-refractivity contribution in [2.45, 2.75) is 51.2 Å². The summed E-state index contributed by atoms with van der Waals surface area (Å²) in [6, 6.07) is 19.1. The third-order valence-electron chi connectivity index (χ3n) is 6.01. The molecule has 2 aromatic carbocycles. The molecule has 2 N–H and O–H groups in total. The summed E-state index contributed by atoms with van der Waals surface area (Å²) in [5, 5.41) is 7.80. The van der Waals surface area contributed by atoms with E-state index in [2.05, 4.69) is 36.2 Å². The monoisotopic (exact) mass is 461 g/mol. The van der Waals surface area contributed by atoms with Crippen LogP contribution in [0.1, 0.15) is 55.2 Å². The second-order valence-electron chi connectivity index (χ2n) is 8.86. The van der Waals surface area contributed by atoms with Crippen molar-refractivity contribution in [3.8, 4) is 17.4 Å². The third-order valence-corrected chi connectivity index (χ3v) is 6.01. The number of ether oxygens (including phenoxy) is 3. The first kappa shape index (κ1) is 23.2. The van der Waals surface area contributed by atoms with Crippen molar-refractivity contribution >= 4 is 11.9 Å². The van der Waals surface area contributed by atoms with Crippen molar-refractivity contribution < 1.29 is 23.8 Å². The summed E-state index contributed by atoms with van der Waals surface area (Å²) in [5.41, 5.74) is 7.36. The van der Waals surface area contributed by atoms with Gasteiger partial charge in [-0.05, 0) is 41.5 Å². The largest absolute Gasteiger partial charge is 0.490 e. The number of benzene rings is 2. The maximum atomic E-state index is 11.3. The van der Waals surface area contributed by atoms with Crippen molar-refractivity contribution in [2.75, 3.05) is 0 Å². The van der Waals surface area contributed by atoms with Gasteiger partial charge in [-0.15, -0.1) is 10.2 Å². The Hall–Kier alpha value is -3.94. The second-order valence-corrected chi connectivity index (χ2v) is 8.86. The lowest BCUT2D eigenvalue weighted by atomic mass is 9.78. The number of aromatic nitrogens is 2. The third kappa shape index (κ3) is 5.33. The van der Waals surface area contributed by atoms with Gasteiger partial charge in [-0.2, -0.15) is 0 Å². The molecular weight excluding hydrogens is 434 g/mol. The van der Waals surface area contributed by atoms with E-state index in [0.29, 0.717) is 30.2 Å². The molecule has 0 unspecified atom stereocenters. The molecular formula is C26H27N3O5. The molecule has 8 heteroatoms. The highest BCUT2D eigenvalue weighted by Gasteiger charge is 2.33. The van der Waals surface area contributed by atoms with Gasteiger partial charge in [0, 0.05) is 31.2 Å². The SMILES string of the molecule is CC(=O)c1ccc(Oc2ccc(C(C)(C)c3ccc(OC4CC(OC(N)=O)C4)cc3)cc2)nn1. The Labute approximate surface area is 198 Å². The van der Waals surface area contributed by atoms with E-state index in [4.69, 9.17) is 19.9 Å². The summed E-state index contributed by atoms with van der Waals surface area (Å²) >= 11 is 0. The normalized spacial score (nSPS) is 17.4. The lowest BCUT2D eigenvalue weighted by Crippen LogP contribution is -2.41. The number of nitrogens with zero attached hydrogens (tertiary/aromatic N) is 2. The average Bonchev–Trinajstić information content (AvgIpc) is 2.78. The van der Waals surface area contributed by atoms with Crippen LogP contribution in [0.2, 0.25) is 0 Å². The molecule has 1 aliphatic carbocycles. The zero-order chi connectivity index (χ0) is 24.3. The molecule has 1 aromatic heterocycles. The zero-order valence-corrected chi connectivity index (χ0v) is 19.4. The standard InChI is InChI=1S/C26H27N3O5/c1-16(30)23-12-13-24(29-28-23)33-20-10-6-18(7-11-20)26(2,3)17-4-8-19(9-5-17)32-21-14-22(15-21)34-25(27)31/h4-13,21-22H,14-15H2,1-3H3,(H2,27,31). The minimum Gasteiger partial charge on any atom is -0.490 e. The van der Waals surface area contributed by atoms with E-state index >= 15 is 0 Å². The van der Waals surface area contributed by atoms with E-state index in [1.54, 1.807) is 12.1 Å². The van der Waals surface area contributed by atoms with Crippen molar-refractivity contribution in [1.82, 2.24) is 10.2 Å². The molecule has 1 fully saturated rings. The Bertz CT molecular complexity index is 1150. The lowest BCUT2D eigenvalue weighted by molar-refractivity contribution is -0.0197. The quantitative estimate of drug-likeness (QED) is 0.479. The molecule has 0 radical (unpaired) electrons. The smallest absolute Gasteiger partial charge is 0.404 e. The predicted octanol–water partition coefficient (Wildman–Crippen LogP) is 4.80. The second kappa shape index (κ2) is 9.51. The Balaban J connectivity index is 1.36. The Kier molecular flexibility index (Phi) is 6.49. The fourth-order valence-electron chi connectivity index (χ4n) is 3.81. The first-order chi connectivity index (χ1) is 16.2. The number of amides is 1. The van der Waals surface area contributed by atoms with Gasteiger partial charge in [-0.1, -0.05) is 38.1 Å². The maximum Gasteiger partial charge on any atom is 0.404 e. The van der Waals surface area contributed by atoms with Gasteiger partial charge in [-0.3, -0.25) is 4.79 Å².